The molecule has 0 saturated carbocycles. The molecule has 20 heavy (non-hydrogen) atoms. The fourth-order valence-electron chi connectivity index (χ4n) is 4.28. The maximum absolute atomic E-state index is 9.69. The zero-order valence-corrected chi connectivity index (χ0v) is 11.7. The van der Waals surface area contributed by atoms with E-state index in [1.165, 1.54) is 11.1 Å². The van der Waals surface area contributed by atoms with Crippen LogP contribution in [0, 0.1) is 5.41 Å². The van der Waals surface area contributed by atoms with Crippen molar-refractivity contribution in [2.75, 3.05) is 39.3 Å². The fourth-order valence-corrected chi connectivity index (χ4v) is 4.28. The number of nitrogens with one attached hydrogen (secondary N) is 1. The van der Waals surface area contributed by atoms with Crippen molar-refractivity contribution >= 4 is 0 Å². The second-order valence-electron chi connectivity index (χ2n) is 6.45. The Bertz CT molecular complexity index is 522. The van der Waals surface area contributed by atoms with Crippen LogP contribution >= 0.6 is 0 Å². The van der Waals surface area contributed by atoms with Crippen molar-refractivity contribution in [3.8, 4) is 0 Å². The molecule has 2 saturated heterocycles. The molecule has 4 bridgehead atoms. The molecule has 0 aromatic heterocycles. The smallest absolute Gasteiger partial charge is 0.0484 e. The standard InChI is InChI=1S/C16H21N3O/c20-17-15-14-9-18-6-7-19(10-14)12-16(15,11-18)8-13-4-2-1-3-5-13/h1-5,17,20H,6-12H2. The maximum Gasteiger partial charge on any atom is 0.0484 e. The van der Waals surface area contributed by atoms with Gasteiger partial charge in [0.2, 0.25) is 0 Å². The van der Waals surface area contributed by atoms with E-state index in [1.54, 1.807) is 0 Å². The van der Waals surface area contributed by atoms with Gasteiger partial charge >= 0.3 is 0 Å². The Morgan fingerprint density at radius 2 is 1.70 bits per heavy atom. The molecule has 4 aliphatic rings. The van der Waals surface area contributed by atoms with E-state index in [1.807, 2.05) is 0 Å². The maximum atomic E-state index is 9.69. The van der Waals surface area contributed by atoms with Crippen molar-refractivity contribution in [2.24, 2.45) is 5.41 Å². The van der Waals surface area contributed by atoms with Gasteiger partial charge in [-0.05, 0) is 17.6 Å². The summed E-state index contributed by atoms with van der Waals surface area (Å²) in [5, 5.41) is 9.69. The number of fused-ring (bicyclic) bond motifs is 1. The molecule has 4 aliphatic heterocycles. The van der Waals surface area contributed by atoms with Crippen molar-refractivity contribution < 1.29 is 5.21 Å². The van der Waals surface area contributed by atoms with Crippen LogP contribution in [0.2, 0.25) is 0 Å². The average molecular weight is 271 g/mol. The Morgan fingerprint density at radius 3 is 2.30 bits per heavy atom. The predicted molar refractivity (Wildman–Crippen MR) is 77.4 cm³/mol. The number of rotatable bonds is 3. The van der Waals surface area contributed by atoms with E-state index in [0.29, 0.717) is 0 Å². The van der Waals surface area contributed by atoms with Gasteiger partial charge in [-0.1, -0.05) is 30.3 Å². The van der Waals surface area contributed by atoms with E-state index in [9.17, 15) is 5.21 Å². The summed E-state index contributed by atoms with van der Waals surface area (Å²) in [7, 11) is 0. The highest BCUT2D eigenvalue weighted by Crippen LogP contribution is 2.42. The van der Waals surface area contributed by atoms with Gasteiger partial charge in [0, 0.05) is 50.4 Å². The van der Waals surface area contributed by atoms with Crippen LogP contribution < -0.4 is 5.48 Å². The van der Waals surface area contributed by atoms with Crippen molar-refractivity contribution in [2.45, 2.75) is 6.42 Å². The molecular weight excluding hydrogens is 250 g/mol. The minimum absolute atomic E-state index is 0.0262. The minimum atomic E-state index is 0.0262. The number of nitrogens with zero attached hydrogens (tertiary/aromatic N) is 2. The van der Waals surface area contributed by atoms with Crippen LogP contribution in [0.1, 0.15) is 5.56 Å². The highest BCUT2D eigenvalue weighted by Gasteiger charge is 2.48. The zero-order chi connectivity index (χ0) is 13.6. The lowest BCUT2D eigenvalue weighted by Crippen LogP contribution is -2.55. The molecule has 5 rings (SSSR count). The van der Waals surface area contributed by atoms with Gasteiger partial charge < -0.3 is 0 Å². The van der Waals surface area contributed by atoms with Gasteiger partial charge in [0.15, 0.2) is 0 Å². The van der Waals surface area contributed by atoms with Crippen LogP contribution in [-0.2, 0) is 6.42 Å². The number of hydroxylamine groups is 1. The van der Waals surface area contributed by atoms with E-state index in [0.717, 1.165) is 51.4 Å². The Kier molecular flexibility index (Phi) is 2.84. The molecular formula is C16H21N3O. The largest absolute Gasteiger partial charge is 0.297 e. The molecule has 1 aromatic carbocycles. The van der Waals surface area contributed by atoms with E-state index in [2.05, 4.69) is 45.6 Å². The van der Waals surface area contributed by atoms with Crippen LogP contribution in [0.15, 0.2) is 41.6 Å². The van der Waals surface area contributed by atoms with Crippen LogP contribution in [0.4, 0.5) is 0 Å². The topological polar surface area (TPSA) is 38.7 Å². The highest BCUT2D eigenvalue weighted by molar-refractivity contribution is 5.34. The number of hydrogen-bond acceptors (Lipinski definition) is 4. The Hall–Kier alpha value is -1.36. The first kappa shape index (κ1) is 12.4. The lowest BCUT2D eigenvalue weighted by Gasteiger charge is -2.48. The summed E-state index contributed by atoms with van der Waals surface area (Å²) in [5.74, 6) is 0. The van der Waals surface area contributed by atoms with Crippen LogP contribution in [-0.4, -0.2) is 54.3 Å². The molecule has 0 aliphatic carbocycles. The number of hydrogen-bond donors (Lipinski definition) is 2. The zero-order valence-electron chi connectivity index (χ0n) is 11.7. The summed E-state index contributed by atoms with van der Waals surface area (Å²) < 4.78 is 0. The molecule has 4 heterocycles. The van der Waals surface area contributed by atoms with Crippen molar-refractivity contribution in [3.63, 3.8) is 0 Å². The van der Waals surface area contributed by atoms with Gasteiger partial charge in [-0.2, -0.15) is 0 Å². The van der Waals surface area contributed by atoms with Gasteiger partial charge in [0.05, 0.1) is 0 Å². The lowest BCUT2D eigenvalue weighted by atomic mass is 9.72. The highest BCUT2D eigenvalue weighted by atomic mass is 16.5. The Labute approximate surface area is 119 Å². The second-order valence-corrected chi connectivity index (χ2v) is 6.45. The molecule has 4 heteroatoms. The van der Waals surface area contributed by atoms with Gasteiger partial charge in [-0.15, -0.1) is 0 Å². The Morgan fingerprint density at radius 1 is 1.05 bits per heavy atom. The summed E-state index contributed by atoms with van der Waals surface area (Å²) in [6.45, 7) is 6.42. The molecule has 2 unspecified atom stereocenters. The van der Waals surface area contributed by atoms with Crippen LogP contribution in [0.3, 0.4) is 0 Å². The summed E-state index contributed by atoms with van der Waals surface area (Å²) in [4.78, 5) is 5.10. The van der Waals surface area contributed by atoms with Crippen LogP contribution in [0.5, 0.6) is 0 Å². The summed E-state index contributed by atoms with van der Waals surface area (Å²) in [5.41, 5.74) is 6.41. The molecule has 0 amide bonds. The minimum Gasteiger partial charge on any atom is -0.297 e. The molecule has 1 aromatic rings. The third-order valence-electron chi connectivity index (χ3n) is 4.99. The molecule has 0 spiro atoms. The van der Waals surface area contributed by atoms with Crippen molar-refractivity contribution in [1.29, 1.82) is 0 Å². The first-order chi connectivity index (χ1) is 9.79. The van der Waals surface area contributed by atoms with E-state index in [4.69, 9.17) is 0 Å². The normalized spacial score (nSPS) is 35.2. The summed E-state index contributed by atoms with van der Waals surface area (Å²) in [6.07, 6.45) is 0.993. The van der Waals surface area contributed by atoms with Crippen LogP contribution in [0.25, 0.3) is 0 Å². The van der Waals surface area contributed by atoms with Gasteiger partial charge in [0.1, 0.15) is 0 Å². The van der Waals surface area contributed by atoms with E-state index >= 15 is 0 Å². The van der Waals surface area contributed by atoms with E-state index < -0.39 is 0 Å². The van der Waals surface area contributed by atoms with Gasteiger partial charge in [-0.3, -0.25) is 20.5 Å². The molecule has 4 nitrogen and oxygen atoms in total. The third-order valence-corrected chi connectivity index (χ3v) is 4.99. The Balaban J connectivity index is 1.76. The predicted octanol–water partition coefficient (Wildman–Crippen LogP) is 1.09. The number of benzene rings is 1. The third kappa shape index (κ3) is 1.87. The fraction of sp³-hybridized carbons (Fsp3) is 0.500. The first-order valence-electron chi connectivity index (χ1n) is 7.40. The molecule has 0 radical (unpaired) electrons. The SMILES string of the molecule is ONC1=C2CN3CCN(C2)CC1(Cc1ccccc1)C3. The average Bonchev–Trinajstić information content (AvgIpc) is 2.68. The quantitative estimate of drug-likeness (QED) is 0.807. The molecule has 106 valence electrons. The summed E-state index contributed by atoms with van der Waals surface area (Å²) >= 11 is 0. The first-order valence-corrected chi connectivity index (χ1v) is 7.40. The van der Waals surface area contributed by atoms with Gasteiger partial charge in [0.25, 0.3) is 0 Å². The second kappa shape index (κ2) is 4.58. The molecule has 2 N–H and O–H groups in total. The monoisotopic (exact) mass is 271 g/mol. The van der Waals surface area contributed by atoms with E-state index in [-0.39, 0.29) is 5.41 Å². The van der Waals surface area contributed by atoms with Gasteiger partial charge in [-0.25, -0.2) is 0 Å². The van der Waals surface area contributed by atoms with Crippen molar-refractivity contribution in [3.05, 3.63) is 47.2 Å². The lowest BCUT2D eigenvalue weighted by molar-refractivity contribution is 0.0845. The molecule has 2 atom stereocenters. The summed E-state index contributed by atoms with van der Waals surface area (Å²) in [6, 6.07) is 10.7. The molecule has 2 fully saturated rings. The van der Waals surface area contributed by atoms with Crippen molar-refractivity contribution in [1.82, 2.24) is 15.3 Å².